The van der Waals surface area contributed by atoms with Crippen LogP contribution in [0.1, 0.15) is 5.56 Å². The van der Waals surface area contributed by atoms with Crippen LogP contribution in [0.15, 0.2) is 35.3 Å². The molecule has 0 fully saturated rings. The molecular weight excluding hydrogens is 363 g/mol. The fraction of sp³-hybridized carbons (Fsp3) is 0.333. The van der Waals surface area contributed by atoms with Gasteiger partial charge in [0, 0.05) is 13.6 Å². The van der Waals surface area contributed by atoms with Crippen LogP contribution in [-0.4, -0.2) is 34.1 Å². The zero-order chi connectivity index (χ0) is 18.6. The maximum atomic E-state index is 12.5. The van der Waals surface area contributed by atoms with Crippen LogP contribution in [0.4, 0.5) is 18.9 Å². The summed E-state index contributed by atoms with van der Waals surface area (Å²) in [6, 6.07) is 4.13. The first-order valence-corrected chi connectivity index (χ1v) is 7.50. The van der Waals surface area contributed by atoms with E-state index in [-0.39, 0.29) is 29.6 Å². The standard InChI is InChI=1S/C15H15ClF3N3O3/c1-22-14(24)13(16)12(7-21-22)20-6-10(23)8-25-11-4-2-9(3-5-11)15(17,18)19/h2-5,7,10,20,23H,6,8H2,1H3. The van der Waals surface area contributed by atoms with Crippen molar-refractivity contribution in [3.63, 3.8) is 0 Å². The van der Waals surface area contributed by atoms with Gasteiger partial charge in [0.25, 0.3) is 5.56 Å². The van der Waals surface area contributed by atoms with Crippen molar-refractivity contribution in [3.05, 3.63) is 51.4 Å². The highest BCUT2D eigenvalue weighted by atomic mass is 35.5. The van der Waals surface area contributed by atoms with Crippen LogP contribution >= 0.6 is 11.6 Å². The fourth-order valence-corrected chi connectivity index (χ4v) is 2.09. The SMILES string of the molecule is Cn1ncc(NCC(O)COc2ccc(C(F)(F)F)cc2)c(Cl)c1=O. The van der Waals surface area contributed by atoms with Crippen LogP contribution in [0, 0.1) is 0 Å². The van der Waals surface area contributed by atoms with Crippen LogP contribution < -0.4 is 15.6 Å². The number of benzene rings is 1. The highest BCUT2D eigenvalue weighted by Crippen LogP contribution is 2.30. The Hall–Kier alpha value is -2.26. The number of rotatable bonds is 6. The minimum absolute atomic E-state index is 0.00913. The van der Waals surface area contributed by atoms with Gasteiger partial charge in [0.2, 0.25) is 0 Å². The fourth-order valence-electron chi connectivity index (χ4n) is 1.85. The van der Waals surface area contributed by atoms with Gasteiger partial charge < -0.3 is 15.2 Å². The van der Waals surface area contributed by atoms with Crippen molar-refractivity contribution in [2.75, 3.05) is 18.5 Å². The van der Waals surface area contributed by atoms with Gasteiger partial charge in [0.15, 0.2) is 0 Å². The molecule has 1 unspecified atom stereocenters. The Balaban J connectivity index is 1.86. The van der Waals surface area contributed by atoms with Crippen molar-refractivity contribution in [2.45, 2.75) is 12.3 Å². The molecule has 2 aromatic rings. The molecule has 2 N–H and O–H groups in total. The van der Waals surface area contributed by atoms with E-state index in [1.807, 2.05) is 0 Å². The first kappa shape index (κ1) is 19.1. The Morgan fingerprint density at radius 1 is 1.36 bits per heavy atom. The van der Waals surface area contributed by atoms with Crippen LogP contribution in [-0.2, 0) is 13.2 Å². The predicted molar refractivity (Wildman–Crippen MR) is 85.9 cm³/mol. The Morgan fingerprint density at radius 3 is 2.60 bits per heavy atom. The zero-order valence-electron chi connectivity index (χ0n) is 13.0. The van der Waals surface area contributed by atoms with Crippen molar-refractivity contribution < 1.29 is 23.0 Å². The lowest BCUT2D eigenvalue weighted by Gasteiger charge is -2.15. The number of aromatic nitrogens is 2. The molecule has 1 aromatic carbocycles. The Kier molecular flexibility index (Phi) is 5.91. The molecule has 0 bridgehead atoms. The van der Waals surface area contributed by atoms with Crippen molar-refractivity contribution >= 4 is 17.3 Å². The van der Waals surface area contributed by atoms with Gasteiger partial charge in [-0.15, -0.1) is 0 Å². The summed E-state index contributed by atoms with van der Waals surface area (Å²) >= 11 is 5.87. The number of aliphatic hydroxyl groups is 1. The van der Waals surface area contributed by atoms with E-state index < -0.39 is 23.4 Å². The summed E-state index contributed by atoms with van der Waals surface area (Å²) in [6.45, 7) is -0.149. The van der Waals surface area contributed by atoms with Gasteiger partial charge in [-0.2, -0.15) is 18.3 Å². The minimum Gasteiger partial charge on any atom is -0.491 e. The second kappa shape index (κ2) is 7.75. The van der Waals surface area contributed by atoms with Crippen LogP contribution in [0.2, 0.25) is 5.02 Å². The Labute approximate surface area is 145 Å². The van der Waals surface area contributed by atoms with Gasteiger partial charge in [0.1, 0.15) is 23.5 Å². The van der Waals surface area contributed by atoms with E-state index in [0.717, 1.165) is 16.8 Å². The van der Waals surface area contributed by atoms with Gasteiger partial charge in [-0.3, -0.25) is 4.79 Å². The molecule has 0 aliphatic heterocycles. The lowest BCUT2D eigenvalue weighted by atomic mass is 10.2. The molecule has 0 spiro atoms. The second-order valence-corrected chi connectivity index (χ2v) is 5.55. The number of alkyl halides is 3. The summed E-state index contributed by atoms with van der Waals surface area (Å²) < 4.78 is 43.6. The molecule has 0 aliphatic rings. The van der Waals surface area contributed by atoms with Crippen molar-refractivity contribution in [2.24, 2.45) is 7.05 Å². The van der Waals surface area contributed by atoms with Gasteiger partial charge >= 0.3 is 6.18 Å². The molecule has 1 atom stereocenters. The zero-order valence-corrected chi connectivity index (χ0v) is 13.8. The maximum Gasteiger partial charge on any atom is 0.416 e. The van der Waals surface area contributed by atoms with Crippen molar-refractivity contribution in [3.8, 4) is 5.75 Å². The maximum absolute atomic E-state index is 12.5. The van der Waals surface area contributed by atoms with Crippen LogP contribution in [0.25, 0.3) is 0 Å². The topological polar surface area (TPSA) is 76.4 Å². The number of aryl methyl sites for hydroxylation is 1. The number of aliphatic hydroxyl groups excluding tert-OH is 1. The van der Waals surface area contributed by atoms with E-state index >= 15 is 0 Å². The molecule has 0 saturated carbocycles. The molecule has 0 radical (unpaired) electrons. The molecule has 25 heavy (non-hydrogen) atoms. The number of hydrogen-bond donors (Lipinski definition) is 2. The molecule has 0 saturated heterocycles. The molecular formula is C15H15ClF3N3O3. The highest BCUT2D eigenvalue weighted by Gasteiger charge is 2.30. The molecule has 136 valence electrons. The van der Waals surface area contributed by atoms with Gasteiger partial charge in [-0.25, -0.2) is 4.68 Å². The van der Waals surface area contributed by atoms with E-state index in [2.05, 4.69) is 10.4 Å². The average molecular weight is 378 g/mol. The van der Waals surface area contributed by atoms with E-state index in [9.17, 15) is 23.1 Å². The van der Waals surface area contributed by atoms with Gasteiger partial charge in [0.05, 0.1) is 17.4 Å². The lowest BCUT2D eigenvalue weighted by Crippen LogP contribution is -2.28. The van der Waals surface area contributed by atoms with Crippen LogP contribution in [0.3, 0.4) is 0 Å². The third kappa shape index (κ3) is 5.10. The summed E-state index contributed by atoms with van der Waals surface area (Å²) in [7, 11) is 1.45. The quantitative estimate of drug-likeness (QED) is 0.808. The van der Waals surface area contributed by atoms with E-state index in [0.29, 0.717) is 0 Å². The van der Waals surface area contributed by atoms with E-state index in [4.69, 9.17) is 16.3 Å². The number of anilines is 1. The molecule has 6 nitrogen and oxygen atoms in total. The summed E-state index contributed by atoms with van der Waals surface area (Å²) in [5, 5.41) is 16.3. The largest absolute Gasteiger partial charge is 0.491 e. The number of nitrogens with zero attached hydrogens (tertiary/aromatic N) is 2. The third-order valence-corrected chi connectivity index (χ3v) is 3.60. The van der Waals surface area contributed by atoms with Crippen molar-refractivity contribution in [1.82, 2.24) is 9.78 Å². The number of ether oxygens (including phenoxy) is 1. The molecule has 0 amide bonds. The first-order chi connectivity index (χ1) is 11.7. The smallest absolute Gasteiger partial charge is 0.416 e. The summed E-state index contributed by atoms with van der Waals surface area (Å²) in [6.07, 6.45) is -4.06. The molecule has 0 aliphatic carbocycles. The Bertz CT molecular complexity index is 778. The normalized spacial score (nSPS) is 12.7. The molecule has 1 aromatic heterocycles. The first-order valence-electron chi connectivity index (χ1n) is 7.12. The van der Waals surface area contributed by atoms with Crippen molar-refractivity contribution in [1.29, 1.82) is 0 Å². The number of nitrogens with one attached hydrogen (secondary N) is 1. The summed E-state index contributed by atoms with van der Waals surface area (Å²) in [5.41, 5.74) is -1.00. The number of hydrogen-bond acceptors (Lipinski definition) is 5. The monoisotopic (exact) mass is 377 g/mol. The van der Waals surface area contributed by atoms with E-state index in [1.54, 1.807) is 0 Å². The van der Waals surface area contributed by atoms with Crippen LogP contribution in [0.5, 0.6) is 5.75 Å². The predicted octanol–water partition coefficient (Wildman–Crippen LogP) is 2.30. The minimum atomic E-state index is -4.41. The lowest BCUT2D eigenvalue weighted by molar-refractivity contribution is -0.137. The molecule has 2 rings (SSSR count). The summed E-state index contributed by atoms with van der Waals surface area (Å²) in [4.78, 5) is 11.6. The Morgan fingerprint density at radius 2 is 2.00 bits per heavy atom. The molecule has 1 heterocycles. The van der Waals surface area contributed by atoms with E-state index in [1.165, 1.54) is 25.4 Å². The van der Waals surface area contributed by atoms with Gasteiger partial charge in [-0.1, -0.05) is 11.6 Å². The molecule has 10 heteroatoms. The number of halogens is 4. The highest BCUT2D eigenvalue weighted by molar-refractivity contribution is 6.32. The second-order valence-electron chi connectivity index (χ2n) is 5.17. The third-order valence-electron chi connectivity index (χ3n) is 3.23. The van der Waals surface area contributed by atoms with Gasteiger partial charge in [-0.05, 0) is 24.3 Å². The average Bonchev–Trinajstić information content (AvgIpc) is 2.57. The summed E-state index contributed by atoms with van der Waals surface area (Å²) in [5.74, 6) is 0.195.